The van der Waals surface area contributed by atoms with E-state index in [2.05, 4.69) is 10.4 Å². The van der Waals surface area contributed by atoms with Crippen molar-refractivity contribution in [2.45, 2.75) is 40.3 Å². The minimum Gasteiger partial charge on any atom is -0.354 e. The fraction of sp³-hybridized carbons (Fsp3) is 0.435. The molecular formula is C23H29ClN4O2S. The highest BCUT2D eigenvalue weighted by molar-refractivity contribution is 7.99. The number of hydrogen-bond donors (Lipinski definition) is 1. The van der Waals surface area contributed by atoms with Gasteiger partial charge in [0.15, 0.2) is 0 Å². The van der Waals surface area contributed by atoms with Gasteiger partial charge in [-0.25, -0.2) is 0 Å². The molecule has 1 N–H and O–H groups in total. The second-order valence-corrected chi connectivity index (χ2v) is 9.54. The highest BCUT2D eigenvalue weighted by atomic mass is 35.5. The average molecular weight is 461 g/mol. The monoisotopic (exact) mass is 460 g/mol. The first-order valence-corrected chi connectivity index (χ1v) is 11.9. The summed E-state index contributed by atoms with van der Waals surface area (Å²) in [4.78, 5) is 27.0. The van der Waals surface area contributed by atoms with Crippen molar-refractivity contribution < 1.29 is 9.59 Å². The van der Waals surface area contributed by atoms with E-state index in [1.54, 1.807) is 28.8 Å². The van der Waals surface area contributed by atoms with Gasteiger partial charge in [-0.1, -0.05) is 43.6 Å². The summed E-state index contributed by atoms with van der Waals surface area (Å²) in [7, 11) is 0. The van der Waals surface area contributed by atoms with Gasteiger partial charge in [0.2, 0.25) is 11.8 Å². The predicted molar refractivity (Wildman–Crippen MR) is 127 cm³/mol. The van der Waals surface area contributed by atoms with Crippen LogP contribution in [0.15, 0.2) is 30.3 Å². The van der Waals surface area contributed by atoms with Crippen LogP contribution < -0.4 is 5.32 Å². The van der Waals surface area contributed by atoms with E-state index in [9.17, 15) is 9.59 Å². The lowest BCUT2D eigenvalue weighted by Crippen LogP contribution is -2.47. The number of amides is 2. The molecule has 0 radical (unpaired) electrons. The van der Waals surface area contributed by atoms with Crippen LogP contribution in [0.5, 0.6) is 0 Å². The Labute approximate surface area is 193 Å². The van der Waals surface area contributed by atoms with Crippen molar-refractivity contribution in [3.05, 3.63) is 57.9 Å². The summed E-state index contributed by atoms with van der Waals surface area (Å²) in [6, 6.07) is 7.27. The summed E-state index contributed by atoms with van der Waals surface area (Å²) in [6.07, 6.45) is 3.35. The smallest absolute Gasteiger partial charge is 0.247 e. The van der Waals surface area contributed by atoms with E-state index < -0.39 is 6.04 Å². The molecule has 2 aromatic rings. The fourth-order valence-corrected chi connectivity index (χ4v) is 4.80. The van der Waals surface area contributed by atoms with Gasteiger partial charge in [0, 0.05) is 34.7 Å². The van der Waals surface area contributed by atoms with Crippen molar-refractivity contribution in [2.75, 3.05) is 18.2 Å². The van der Waals surface area contributed by atoms with Crippen LogP contribution in [0.4, 0.5) is 0 Å². The SMILES string of the molecule is Cc1nn(Cc2ccccc2Cl)c(C)c1/C=C/C(=O)N1CSCC1C(=O)NCC(C)C. The maximum Gasteiger partial charge on any atom is 0.247 e. The van der Waals surface area contributed by atoms with Crippen LogP contribution in [-0.2, 0) is 16.1 Å². The number of thioether (sulfide) groups is 1. The molecule has 0 aliphatic carbocycles. The number of hydrogen-bond acceptors (Lipinski definition) is 4. The van der Waals surface area contributed by atoms with E-state index in [1.165, 1.54) is 0 Å². The molecule has 6 nitrogen and oxygen atoms in total. The van der Waals surface area contributed by atoms with Crippen LogP contribution >= 0.6 is 23.4 Å². The molecule has 3 rings (SSSR count). The second kappa shape index (κ2) is 10.4. The first kappa shape index (κ1) is 23.4. The van der Waals surface area contributed by atoms with E-state index in [1.807, 2.05) is 56.6 Å². The lowest BCUT2D eigenvalue weighted by Gasteiger charge is -2.22. The zero-order chi connectivity index (χ0) is 22.5. The molecule has 1 fully saturated rings. The molecule has 0 bridgehead atoms. The van der Waals surface area contributed by atoms with Crippen LogP contribution in [0.2, 0.25) is 5.02 Å². The van der Waals surface area contributed by atoms with Crippen LogP contribution in [0.3, 0.4) is 0 Å². The van der Waals surface area contributed by atoms with Gasteiger partial charge in [0.05, 0.1) is 18.1 Å². The Bertz CT molecular complexity index is 986. The van der Waals surface area contributed by atoms with Crippen molar-refractivity contribution in [1.82, 2.24) is 20.0 Å². The molecule has 1 aromatic heterocycles. The maximum absolute atomic E-state index is 12.8. The van der Waals surface area contributed by atoms with Crippen LogP contribution in [0.25, 0.3) is 6.08 Å². The number of aromatic nitrogens is 2. The minimum atomic E-state index is -0.425. The molecule has 1 atom stereocenters. The van der Waals surface area contributed by atoms with E-state index in [0.717, 1.165) is 22.5 Å². The van der Waals surface area contributed by atoms with E-state index >= 15 is 0 Å². The number of carbonyl (C=O) groups excluding carboxylic acids is 2. The molecular weight excluding hydrogens is 432 g/mol. The Balaban J connectivity index is 1.71. The lowest BCUT2D eigenvalue weighted by molar-refractivity contribution is -0.134. The number of aryl methyl sites for hydroxylation is 1. The van der Waals surface area contributed by atoms with Crippen molar-refractivity contribution in [2.24, 2.45) is 5.92 Å². The van der Waals surface area contributed by atoms with Crippen molar-refractivity contribution in [3.8, 4) is 0 Å². The average Bonchev–Trinajstić information content (AvgIpc) is 3.32. The zero-order valence-corrected chi connectivity index (χ0v) is 20.0. The topological polar surface area (TPSA) is 67.2 Å². The molecule has 31 heavy (non-hydrogen) atoms. The summed E-state index contributed by atoms with van der Waals surface area (Å²) < 4.78 is 1.90. The highest BCUT2D eigenvalue weighted by Gasteiger charge is 2.33. The maximum atomic E-state index is 12.8. The number of benzene rings is 1. The Morgan fingerprint density at radius 3 is 2.77 bits per heavy atom. The number of nitrogens with one attached hydrogen (secondary N) is 1. The summed E-state index contributed by atoms with van der Waals surface area (Å²) in [6.45, 7) is 9.18. The van der Waals surface area contributed by atoms with Gasteiger partial charge in [0.25, 0.3) is 0 Å². The molecule has 1 aromatic carbocycles. The Hall–Kier alpha value is -2.25. The normalized spacial score (nSPS) is 16.5. The second-order valence-electron chi connectivity index (χ2n) is 8.13. The number of halogens is 1. The largest absolute Gasteiger partial charge is 0.354 e. The van der Waals surface area contributed by atoms with E-state index in [0.29, 0.717) is 35.7 Å². The third-order valence-electron chi connectivity index (χ3n) is 5.26. The van der Waals surface area contributed by atoms with Crippen molar-refractivity contribution in [3.63, 3.8) is 0 Å². The highest BCUT2D eigenvalue weighted by Crippen LogP contribution is 2.23. The molecule has 1 unspecified atom stereocenters. The summed E-state index contributed by atoms with van der Waals surface area (Å²) in [5, 5.41) is 8.26. The number of rotatable bonds is 7. The Morgan fingerprint density at radius 2 is 2.06 bits per heavy atom. The van der Waals surface area contributed by atoms with Gasteiger partial charge in [0.1, 0.15) is 6.04 Å². The van der Waals surface area contributed by atoms with Crippen molar-refractivity contribution in [1.29, 1.82) is 0 Å². The molecule has 2 heterocycles. The minimum absolute atomic E-state index is 0.0830. The summed E-state index contributed by atoms with van der Waals surface area (Å²) in [5.41, 5.74) is 3.71. The third kappa shape index (κ3) is 5.71. The Kier molecular flexibility index (Phi) is 7.84. The summed E-state index contributed by atoms with van der Waals surface area (Å²) >= 11 is 7.88. The summed E-state index contributed by atoms with van der Waals surface area (Å²) in [5.74, 6) is 1.27. The van der Waals surface area contributed by atoms with Crippen LogP contribution in [0, 0.1) is 19.8 Å². The van der Waals surface area contributed by atoms with Gasteiger partial charge < -0.3 is 10.2 Å². The Morgan fingerprint density at radius 1 is 1.32 bits per heavy atom. The molecule has 0 spiro atoms. The molecule has 0 saturated carbocycles. The fourth-order valence-electron chi connectivity index (χ4n) is 3.44. The van der Waals surface area contributed by atoms with Crippen molar-refractivity contribution >= 4 is 41.3 Å². The van der Waals surface area contributed by atoms with Gasteiger partial charge in [-0.05, 0) is 37.5 Å². The predicted octanol–water partition coefficient (Wildman–Crippen LogP) is 3.89. The lowest BCUT2D eigenvalue weighted by atomic mass is 10.1. The zero-order valence-electron chi connectivity index (χ0n) is 18.4. The van der Waals surface area contributed by atoms with E-state index in [4.69, 9.17) is 11.6 Å². The number of nitrogens with zero attached hydrogens (tertiary/aromatic N) is 3. The molecule has 8 heteroatoms. The number of carbonyl (C=O) groups is 2. The molecule has 166 valence electrons. The van der Waals surface area contributed by atoms with E-state index in [-0.39, 0.29) is 11.8 Å². The molecule has 1 aliphatic rings. The van der Waals surface area contributed by atoms with Gasteiger partial charge in [-0.15, -0.1) is 11.8 Å². The first-order valence-electron chi connectivity index (χ1n) is 10.4. The van der Waals surface area contributed by atoms with Crippen LogP contribution in [0.1, 0.15) is 36.4 Å². The molecule has 2 amide bonds. The molecule has 1 saturated heterocycles. The third-order valence-corrected chi connectivity index (χ3v) is 6.64. The van der Waals surface area contributed by atoms with Gasteiger partial charge in [-0.2, -0.15) is 5.10 Å². The molecule has 1 aliphatic heterocycles. The van der Waals surface area contributed by atoms with Crippen LogP contribution in [-0.4, -0.2) is 50.7 Å². The van der Waals surface area contributed by atoms with Gasteiger partial charge in [-0.3, -0.25) is 14.3 Å². The first-order chi connectivity index (χ1) is 14.8. The standard InChI is InChI=1S/C23H29ClN4O2S/c1-15(2)11-25-23(30)21-13-31-14-27(21)22(29)10-9-19-16(3)26-28(17(19)4)12-18-7-5-6-8-20(18)24/h5-10,15,21H,11-14H2,1-4H3,(H,25,30)/b10-9+. The van der Waals surface area contributed by atoms with Gasteiger partial charge >= 0.3 is 0 Å². The quantitative estimate of drug-likeness (QED) is 0.636.